The summed E-state index contributed by atoms with van der Waals surface area (Å²) in [5.74, 6) is 0.835. The van der Waals surface area contributed by atoms with Gasteiger partial charge in [0.15, 0.2) is 5.96 Å². The first-order valence-corrected chi connectivity index (χ1v) is 10.8. The highest BCUT2D eigenvalue weighted by Gasteiger charge is 2.25. The second-order valence-electron chi connectivity index (χ2n) is 8.58. The molecule has 1 aromatic rings. The second-order valence-corrected chi connectivity index (χ2v) is 8.58. The molecule has 1 aromatic heterocycles. The van der Waals surface area contributed by atoms with Gasteiger partial charge in [0, 0.05) is 31.9 Å². The highest BCUT2D eigenvalue weighted by atomic mass is 127. The molecule has 178 valence electrons. The van der Waals surface area contributed by atoms with Crippen molar-refractivity contribution in [3.63, 3.8) is 0 Å². The fourth-order valence-corrected chi connectivity index (χ4v) is 3.30. The van der Waals surface area contributed by atoms with Crippen molar-refractivity contribution >= 4 is 36.0 Å². The van der Waals surface area contributed by atoms with Crippen molar-refractivity contribution in [1.29, 1.82) is 0 Å². The van der Waals surface area contributed by atoms with Crippen molar-refractivity contribution in [2.75, 3.05) is 32.8 Å². The van der Waals surface area contributed by atoms with Crippen LogP contribution < -0.4 is 10.6 Å². The largest absolute Gasteiger partial charge is 0.444 e. The first kappa shape index (κ1) is 27.5. The Labute approximate surface area is 203 Å². The van der Waals surface area contributed by atoms with Crippen molar-refractivity contribution < 1.29 is 14.3 Å². The number of nitrogens with one attached hydrogen (secondary N) is 2. The van der Waals surface area contributed by atoms with E-state index in [0.717, 1.165) is 37.5 Å². The van der Waals surface area contributed by atoms with Crippen LogP contribution in [0.3, 0.4) is 0 Å². The van der Waals surface area contributed by atoms with Gasteiger partial charge in [-0.3, -0.25) is 9.67 Å². The van der Waals surface area contributed by atoms with Gasteiger partial charge in [-0.05, 0) is 34.1 Å². The number of nitrogens with zero attached hydrogens (tertiary/aromatic N) is 4. The monoisotopic (exact) mass is 550 g/mol. The summed E-state index contributed by atoms with van der Waals surface area (Å²) in [7, 11) is 1.90. The van der Waals surface area contributed by atoms with Gasteiger partial charge in [0.1, 0.15) is 11.7 Å². The van der Waals surface area contributed by atoms with E-state index in [1.54, 1.807) is 4.68 Å². The molecule has 2 heterocycles. The van der Waals surface area contributed by atoms with Crippen molar-refractivity contribution in [2.24, 2.45) is 12.0 Å². The second kappa shape index (κ2) is 13.1. The van der Waals surface area contributed by atoms with Gasteiger partial charge in [0.05, 0.1) is 31.9 Å². The first-order valence-electron chi connectivity index (χ1n) is 10.8. The number of aliphatic imine (C=N–C) groups is 1. The van der Waals surface area contributed by atoms with Crippen molar-refractivity contribution in [3.8, 4) is 0 Å². The highest BCUT2D eigenvalue weighted by molar-refractivity contribution is 14.0. The van der Waals surface area contributed by atoms with Gasteiger partial charge in [-0.15, -0.1) is 24.0 Å². The summed E-state index contributed by atoms with van der Waals surface area (Å²) in [5.41, 5.74) is 0.544. The Balaban J connectivity index is 0.00000480. The van der Waals surface area contributed by atoms with Gasteiger partial charge in [0.2, 0.25) is 0 Å². The number of ether oxygens (including phenoxy) is 2. The Morgan fingerprint density at radius 1 is 1.42 bits per heavy atom. The lowest BCUT2D eigenvalue weighted by Crippen LogP contribution is -2.49. The Bertz CT molecular complexity index is 704. The topological polar surface area (TPSA) is 93.0 Å². The molecule has 1 saturated heterocycles. The van der Waals surface area contributed by atoms with Gasteiger partial charge in [-0.25, -0.2) is 4.79 Å². The molecule has 2 N–H and O–H groups in total. The van der Waals surface area contributed by atoms with E-state index < -0.39 is 11.7 Å². The summed E-state index contributed by atoms with van der Waals surface area (Å²) in [4.78, 5) is 19.2. The number of aromatic nitrogens is 2. The summed E-state index contributed by atoms with van der Waals surface area (Å²) in [6.07, 6.45) is 5.18. The molecular weight excluding hydrogens is 511 g/mol. The molecule has 1 aliphatic rings. The molecule has 1 fully saturated rings. The summed E-state index contributed by atoms with van der Waals surface area (Å²) in [6.45, 7) is 13.1. The maximum Gasteiger partial charge on any atom is 0.407 e. The smallest absolute Gasteiger partial charge is 0.407 e. The number of guanidine groups is 1. The summed E-state index contributed by atoms with van der Waals surface area (Å²) in [5, 5.41) is 10.6. The van der Waals surface area contributed by atoms with Crippen LogP contribution in [0.2, 0.25) is 0 Å². The quantitative estimate of drug-likeness (QED) is 0.308. The maximum atomic E-state index is 12.2. The van der Waals surface area contributed by atoms with E-state index in [1.807, 2.05) is 40.2 Å². The summed E-state index contributed by atoms with van der Waals surface area (Å²) < 4.78 is 13.1. The lowest BCUT2D eigenvalue weighted by atomic mass is 10.1. The van der Waals surface area contributed by atoms with Crippen LogP contribution in [-0.2, 0) is 16.5 Å². The Hall–Kier alpha value is -1.56. The molecule has 0 bridgehead atoms. The fraction of sp³-hybridized carbons (Fsp3) is 0.762. The zero-order valence-corrected chi connectivity index (χ0v) is 22.0. The first-order chi connectivity index (χ1) is 14.2. The predicted octanol–water partition coefficient (Wildman–Crippen LogP) is 3.07. The molecule has 0 radical (unpaired) electrons. The molecule has 0 spiro atoms. The van der Waals surface area contributed by atoms with Crippen molar-refractivity contribution in [2.45, 2.75) is 65.2 Å². The van der Waals surface area contributed by atoms with Crippen LogP contribution in [0.15, 0.2) is 17.4 Å². The molecule has 1 amide bonds. The third-order valence-corrected chi connectivity index (χ3v) is 4.62. The molecule has 2 rings (SSSR count). The number of hydrogen-bond acceptors (Lipinski definition) is 5. The van der Waals surface area contributed by atoms with Crippen LogP contribution >= 0.6 is 24.0 Å². The SMILES string of the molecule is CCCC(CN=C(NCC)N1CCOC(c2cnn(C)c2)C1)NC(=O)OC(C)(C)C.I. The average Bonchev–Trinajstić information content (AvgIpc) is 3.10. The van der Waals surface area contributed by atoms with Gasteiger partial charge >= 0.3 is 6.09 Å². The van der Waals surface area contributed by atoms with E-state index in [0.29, 0.717) is 19.7 Å². The third-order valence-electron chi connectivity index (χ3n) is 4.62. The number of hydrogen-bond donors (Lipinski definition) is 2. The summed E-state index contributed by atoms with van der Waals surface area (Å²) >= 11 is 0. The number of aryl methyl sites for hydroxylation is 1. The van der Waals surface area contributed by atoms with Crippen LogP contribution in [0.1, 0.15) is 59.1 Å². The number of halogens is 1. The van der Waals surface area contributed by atoms with Crippen LogP contribution in [-0.4, -0.2) is 71.2 Å². The molecule has 0 saturated carbocycles. The van der Waals surface area contributed by atoms with Crippen molar-refractivity contribution in [1.82, 2.24) is 25.3 Å². The molecule has 31 heavy (non-hydrogen) atoms. The molecule has 1 aliphatic heterocycles. The number of carbonyl (C=O) groups excluding carboxylic acids is 1. The van der Waals surface area contributed by atoms with E-state index >= 15 is 0 Å². The number of morpholine rings is 1. The Morgan fingerprint density at radius 2 is 2.16 bits per heavy atom. The lowest BCUT2D eigenvalue weighted by molar-refractivity contribution is -0.00805. The van der Waals surface area contributed by atoms with E-state index in [4.69, 9.17) is 14.5 Å². The standard InChI is InChI=1S/C21H38N6O3.HI/c1-7-9-17(25-20(28)30-21(3,4)5)13-23-19(22-8-2)27-10-11-29-18(15-27)16-12-24-26(6)14-16;/h12,14,17-18H,7-11,13,15H2,1-6H3,(H,22,23)(H,25,28);1H. The number of amides is 1. The zero-order valence-electron chi connectivity index (χ0n) is 19.7. The number of alkyl carbamates (subject to hydrolysis) is 1. The minimum atomic E-state index is -0.520. The molecule has 2 atom stereocenters. The molecule has 0 aromatic carbocycles. The van der Waals surface area contributed by atoms with Crippen LogP contribution in [0.4, 0.5) is 4.79 Å². The minimum absolute atomic E-state index is 0. The summed E-state index contributed by atoms with van der Waals surface area (Å²) in [6, 6.07) is -0.0753. The number of carbonyl (C=O) groups is 1. The van der Waals surface area contributed by atoms with Crippen LogP contribution in [0.5, 0.6) is 0 Å². The van der Waals surface area contributed by atoms with Gasteiger partial charge in [-0.2, -0.15) is 5.10 Å². The van der Waals surface area contributed by atoms with Crippen molar-refractivity contribution in [3.05, 3.63) is 18.0 Å². The molecule has 9 nitrogen and oxygen atoms in total. The van der Waals surface area contributed by atoms with Crippen LogP contribution in [0, 0.1) is 0 Å². The third kappa shape index (κ3) is 9.63. The normalized spacial score (nSPS) is 18.2. The Kier molecular flexibility index (Phi) is 11.6. The lowest BCUT2D eigenvalue weighted by Gasteiger charge is -2.35. The highest BCUT2D eigenvalue weighted by Crippen LogP contribution is 2.21. The van der Waals surface area contributed by atoms with Crippen LogP contribution in [0.25, 0.3) is 0 Å². The maximum absolute atomic E-state index is 12.2. The van der Waals surface area contributed by atoms with E-state index in [2.05, 4.69) is 34.5 Å². The van der Waals surface area contributed by atoms with Gasteiger partial charge in [0.25, 0.3) is 0 Å². The number of rotatable bonds is 7. The molecule has 10 heteroatoms. The van der Waals surface area contributed by atoms with E-state index in [-0.39, 0.29) is 36.1 Å². The fourth-order valence-electron chi connectivity index (χ4n) is 3.30. The predicted molar refractivity (Wildman–Crippen MR) is 133 cm³/mol. The van der Waals surface area contributed by atoms with E-state index in [1.165, 1.54) is 0 Å². The minimum Gasteiger partial charge on any atom is -0.444 e. The average molecular weight is 550 g/mol. The zero-order chi connectivity index (χ0) is 22.1. The van der Waals surface area contributed by atoms with E-state index in [9.17, 15) is 4.79 Å². The Morgan fingerprint density at radius 3 is 2.74 bits per heavy atom. The molecule has 2 unspecified atom stereocenters. The van der Waals surface area contributed by atoms with Gasteiger partial charge < -0.3 is 25.0 Å². The molecule has 0 aliphatic carbocycles. The molecular formula is C21H39IN6O3. The van der Waals surface area contributed by atoms with Gasteiger partial charge in [-0.1, -0.05) is 13.3 Å².